The van der Waals surface area contributed by atoms with Crippen LogP contribution in [0.3, 0.4) is 0 Å². The number of thioether (sulfide) groups is 1. The second-order valence-corrected chi connectivity index (χ2v) is 5.54. The van der Waals surface area contributed by atoms with Crippen LogP contribution in [0.5, 0.6) is 0 Å². The minimum absolute atomic E-state index is 0.0201. The summed E-state index contributed by atoms with van der Waals surface area (Å²) in [6, 6.07) is 4.59. The molecule has 0 amide bonds. The van der Waals surface area contributed by atoms with Crippen molar-refractivity contribution in [3.63, 3.8) is 0 Å². The average Bonchev–Trinajstić information content (AvgIpc) is 2.33. The lowest BCUT2D eigenvalue weighted by atomic mass is 10.0. The van der Waals surface area contributed by atoms with Gasteiger partial charge in [-0.1, -0.05) is 24.1 Å². The molecule has 1 heterocycles. The smallest absolute Gasteiger partial charge is 0.178 e. The number of ketones is 1. The fourth-order valence-corrected chi connectivity index (χ4v) is 3.26. The van der Waals surface area contributed by atoms with Crippen molar-refractivity contribution in [1.29, 1.82) is 0 Å². The predicted molar refractivity (Wildman–Crippen MR) is 65.8 cm³/mol. The van der Waals surface area contributed by atoms with Gasteiger partial charge in [0.2, 0.25) is 0 Å². The van der Waals surface area contributed by atoms with E-state index in [1.807, 2.05) is 0 Å². The lowest BCUT2D eigenvalue weighted by molar-refractivity contribution is 0.0981. The zero-order chi connectivity index (χ0) is 11.5. The average molecular weight is 259 g/mol. The Morgan fingerprint density at radius 1 is 1.44 bits per heavy atom. The summed E-state index contributed by atoms with van der Waals surface area (Å²) in [5.41, 5.74) is 0.131. The number of rotatable bonds is 2. The fraction of sp³-hybridized carbons (Fsp3) is 0.417. The van der Waals surface area contributed by atoms with Gasteiger partial charge in [0.05, 0.1) is 15.8 Å². The molecule has 1 fully saturated rings. The van der Waals surface area contributed by atoms with E-state index in [-0.39, 0.29) is 21.6 Å². The number of carbonyl (C=O) groups excluding carboxylic acids is 1. The number of halogens is 2. The molecule has 0 saturated carbocycles. The topological polar surface area (TPSA) is 17.1 Å². The molecule has 1 atom stereocenters. The number of benzene rings is 1. The normalized spacial score (nSPS) is 20.8. The van der Waals surface area contributed by atoms with Crippen LogP contribution in [-0.4, -0.2) is 16.8 Å². The van der Waals surface area contributed by atoms with Crippen LogP contribution in [0, 0.1) is 5.82 Å². The van der Waals surface area contributed by atoms with E-state index in [2.05, 4.69) is 0 Å². The van der Waals surface area contributed by atoms with Crippen molar-refractivity contribution in [2.75, 3.05) is 5.75 Å². The first-order valence-electron chi connectivity index (χ1n) is 5.30. The van der Waals surface area contributed by atoms with Crippen LogP contribution >= 0.6 is 23.4 Å². The van der Waals surface area contributed by atoms with Gasteiger partial charge in [0.15, 0.2) is 11.6 Å². The second kappa shape index (κ2) is 5.19. The molecule has 0 aromatic heterocycles. The molecule has 0 radical (unpaired) electrons. The van der Waals surface area contributed by atoms with Crippen molar-refractivity contribution in [2.24, 2.45) is 0 Å². The van der Waals surface area contributed by atoms with E-state index in [9.17, 15) is 9.18 Å². The van der Waals surface area contributed by atoms with E-state index in [4.69, 9.17) is 11.6 Å². The molecule has 1 unspecified atom stereocenters. The highest BCUT2D eigenvalue weighted by Gasteiger charge is 2.25. The molecule has 1 saturated heterocycles. The summed E-state index contributed by atoms with van der Waals surface area (Å²) in [5.74, 6) is 0.281. The lowest BCUT2D eigenvalue weighted by Crippen LogP contribution is -2.22. The highest BCUT2D eigenvalue weighted by Crippen LogP contribution is 2.29. The van der Waals surface area contributed by atoms with Crippen LogP contribution in [0.2, 0.25) is 5.02 Å². The molecular formula is C12H12ClFOS. The first kappa shape index (κ1) is 11.9. The minimum atomic E-state index is -0.583. The first-order chi connectivity index (χ1) is 7.70. The summed E-state index contributed by atoms with van der Waals surface area (Å²) in [4.78, 5) is 12.1. The van der Waals surface area contributed by atoms with Gasteiger partial charge in [-0.15, -0.1) is 0 Å². The maximum absolute atomic E-state index is 13.6. The van der Waals surface area contributed by atoms with Crippen LogP contribution in [-0.2, 0) is 0 Å². The van der Waals surface area contributed by atoms with Crippen LogP contribution in [0.4, 0.5) is 4.39 Å². The quantitative estimate of drug-likeness (QED) is 0.748. The molecule has 0 spiro atoms. The summed E-state index contributed by atoms with van der Waals surface area (Å²) >= 11 is 7.28. The zero-order valence-corrected chi connectivity index (χ0v) is 10.3. The molecule has 4 heteroatoms. The lowest BCUT2D eigenvalue weighted by Gasteiger charge is -2.20. The molecule has 0 aliphatic carbocycles. The van der Waals surface area contributed by atoms with Gasteiger partial charge in [0, 0.05) is 0 Å². The van der Waals surface area contributed by atoms with Crippen LogP contribution in [0.1, 0.15) is 29.6 Å². The Bertz CT molecular complexity index is 402. The van der Waals surface area contributed by atoms with E-state index < -0.39 is 5.82 Å². The number of hydrogen-bond donors (Lipinski definition) is 0. The van der Waals surface area contributed by atoms with Crippen molar-refractivity contribution in [3.05, 3.63) is 34.6 Å². The predicted octanol–water partition coefficient (Wildman–Crippen LogP) is 3.95. The van der Waals surface area contributed by atoms with Gasteiger partial charge in [0.25, 0.3) is 0 Å². The van der Waals surface area contributed by atoms with E-state index in [1.54, 1.807) is 17.8 Å². The van der Waals surface area contributed by atoms with Gasteiger partial charge in [-0.05, 0) is 30.7 Å². The summed E-state index contributed by atoms with van der Waals surface area (Å²) in [6.45, 7) is 0. The summed E-state index contributed by atoms with van der Waals surface area (Å²) in [5, 5.41) is -0.0756. The Morgan fingerprint density at radius 3 is 2.94 bits per heavy atom. The van der Waals surface area contributed by atoms with Gasteiger partial charge in [-0.25, -0.2) is 4.39 Å². The first-order valence-corrected chi connectivity index (χ1v) is 6.72. The van der Waals surface area contributed by atoms with Gasteiger partial charge in [0.1, 0.15) is 0 Å². The van der Waals surface area contributed by atoms with Gasteiger partial charge >= 0.3 is 0 Å². The molecule has 1 aliphatic heterocycles. The summed E-state index contributed by atoms with van der Waals surface area (Å²) < 4.78 is 13.6. The third-order valence-corrected chi connectivity index (χ3v) is 4.36. The number of carbonyl (C=O) groups is 1. The van der Waals surface area contributed by atoms with Crippen molar-refractivity contribution >= 4 is 29.1 Å². The van der Waals surface area contributed by atoms with Crippen molar-refractivity contribution < 1.29 is 9.18 Å². The summed E-state index contributed by atoms with van der Waals surface area (Å²) in [6.07, 6.45) is 3.04. The van der Waals surface area contributed by atoms with Crippen LogP contribution in [0.15, 0.2) is 18.2 Å². The molecule has 1 aromatic carbocycles. The molecule has 1 aromatic rings. The van der Waals surface area contributed by atoms with Crippen molar-refractivity contribution in [3.8, 4) is 0 Å². The second-order valence-electron chi connectivity index (χ2n) is 3.82. The van der Waals surface area contributed by atoms with Gasteiger partial charge < -0.3 is 0 Å². The van der Waals surface area contributed by atoms with Gasteiger partial charge in [-0.3, -0.25) is 4.79 Å². The van der Waals surface area contributed by atoms with Crippen LogP contribution < -0.4 is 0 Å². The van der Waals surface area contributed by atoms with Crippen molar-refractivity contribution in [1.82, 2.24) is 0 Å². The number of Topliss-reactive ketones (excluding diaryl/α,β-unsaturated/α-hetero) is 1. The van der Waals surface area contributed by atoms with E-state index in [1.165, 1.54) is 12.1 Å². The largest absolute Gasteiger partial charge is 0.293 e. The standard InChI is InChI=1S/C12H12ClFOS/c13-9-5-3-4-8(11(9)14)12(15)10-6-1-2-7-16-10/h3-5,10H,1-2,6-7H2. The Hall–Kier alpha value is -0.540. The third-order valence-electron chi connectivity index (χ3n) is 2.69. The Kier molecular flexibility index (Phi) is 3.87. The van der Waals surface area contributed by atoms with E-state index in [0.717, 1.165) is 25.0 Å². The molecule has 1 aliphatic rings. The minimum Gasteiger partial charge on any atom is -0.293 e. The summed E-state index contributed by atoms with van der Waals surface area (Å²) in [7, 11) is 0. The molecular weight excluding hydrogens is 247 g/mol. The molecule has 16 heavy (non-hydrogen) atoms. The van der Waals surface area contributed by atoms with E-state index >= 15 is 0 Å². The molecule has 0 N–H and O–H groups in total. The molecule has 2 rings (SSSR count). The van der Waals surface area contributed by atoms with Crippen molar-refractivity contribution in [2.45, 2.75) is 24.5 Å². The van der Waals surface area contributed by atoms with Gasteiger partial charge in [-0.2, -0.15) is 11.8 Å². The molecule has 0 bridgehead atoms. The molecule has 86 valence electrons. The third kappa shape index (κ3) is 2.41. The fourth-order valence-electron chi connectivity index (χ4n) is 1.82. The van der Waals surface area contributed by atoms with Crippen LogP contribution in [0.25, 0.3) is 0 Å². The molecule has 1 nitrogen and oxygen atoms in total. The highest BCUT2D eigenvalue weighted by atomic mass is 35.5. The number of hydrogen-bond acceptors (Lipinski definition) is 2. The monoisotopic (exact) mass is 258 g/mol. The zero-order valence-electron chi connectivity index (χ0n) is 8.71. The highest BCUT2D eigenvalue weighted by molar-refractivity contribution is 8.00. The maximum atomic E-state index is 13.6. The Morgan fingerprint density at radius 2 is 2.25 bits per heavy atom. The maximum Gasteiger partial charge on any atom is 0.178 e. The Labute approximate surface area is 103 Å². The Balaban J connectivity index is 2.22. The van der Waals surface area contributed by atoms with E-state index in [0.29, 0.717) is 0 Å². The SMILES string of the molecule is O=C(c1cccc(Cl)c1F)C1CCCCS1.